The van der Waals surface area contributed by atoms with Crippen molar-refractivity contribution in [1.82, 2.24) is 15.5 Å². The smallest absolute Gasteiger partial charge is 0.410 e. The van der Waals surface area contributed by atoms with Crippen molar-refractivity contribution in [2.75, 3.05) is 26.7 Å². The van der Waals surface area contributed by atoms with Crippen molar-refractivity contribution in [3.63, 3.8) is 0 Å². The molecule has 0 aliphatic carbocycles. The second-order valence-corrected chi connectivity index (χ2v) is 5.14. The molecular formula is C11H21N3O3. The van der Waals surface area contributed by atoms with Gasteiger partial charge in [0, 0.05) is 26.2 Å². The number of nitrogens with one attached hydrogen (secondary N) is 2. The van der Waals surface area contributed by atoms with Gasteiger partial charge in [-0.3, -0.25) is 4.79 Å². The third-order valence-corrected chi connectivity index (χ3v) is 2.36. The third-order valence-electron chi connectivity index (χ3n) is 2.36. The van der Waals surface area contributed by atoms with Gasteiger partial charge < -0.3 is 20.3 Å². The molecule has 0 bridgehead atoms. The van der Waals surface area contributed by atoms with Crippen LogP contribution in [0.15, 0.2) is 0 Å². The Labute approximate surface area is 102 Å². The van der Waals surface area contributed by atoms with Gasteiger partial charge in [-0.25, -0.2) is 4.79 Å². The summed E-state index contributed by atoms with van der Waals surface area (Å²) in [6, 6.07) is 0.180. The van der Waals surface area contributed by atoms with E-state index >= 15 is 0 Å². The summed E-state index contributed by atoms with van der Waals surface area (Å²) in [6.07, 6.45) is -0.296. The van der Waals surface area contributed by atoms with Crippen molar-refractivity contribution < 1.29 is 14.3 Å². The van der Waals surface area contributed by atoms with Crippen molar-refractivity contribution in [2.24, 2.45) is 0 Å². The van der Waals surface area contributed by atoms with Gasteiger partial charge in [-0.1, -0.05) is 0 Å². The molecule has 17 heavy (non-hydrogen) atoms. The molecule has 1 fully saturated rings. The van der Waals surface area contributed by atoms with Crippen molar-refractivity contribution in [2.45, 2.75) is 32.4 Å². The topological polar surface area (TPSA) is 70.7 Å². The van der Waals surface area contributed by atoms with Crippen LogP contribution in [0.5, 0.6) is 0 Å². The highest BCUT2D eigenvalue weighted by Crippen LogP contribution is 2.14. The molecule has 0 aromatic rings. The molecule has 98 valence electrons. The molecular weight excluding hydrogens is 222 g/mol. The van der Waals surface area contributed by atoms with Gasteiger partial charge >= 0.3 is 6.09 Å². The van der Waals surface area contributed by atoms with Crippen LogP contribution in [-0.4, -0.2) is 55.2 Å². The van der Waals surface area contributed by atoms with Gasteiger partial charge in [0.25, 0.3) is 0 Å². The van der Waals surface area contributed by atoms with E-state index in [-0.39, 0.29) is 24.6 Å². The Morgan fingerprint density at radius 3 is 2.41 bits per heavy atom. The van der Waals surface area contributed by atoms with Gasteiger partial charge in [-0.2, -0.15) is 0 Å². The van der Waals surface area contributed by atoms with Crippen molar-refractivity contribution in [3.05, 3.63) is 0 Å². The second-order valence-electron chi connectivity index (χ2n) is 5.14. The summed E-state index contributed by atoms with van der Waals surface area (Å²) in [4.78, 5) is 24.2. The van der Waals surface area contributed by atoms with Gasteiger partial charge in [0.05, 0.1) is 6.54 Å². The first-order valence-corrected chi connectivity index (χ1v) is 5.73. The molecule has 1 aliphatic heterocycles. The fourth-order valence-corrected chi connectivity index (χ4v) is 1.41. The number of ether oxygens (including phenoxy) is 1. The van der Waals surface area contributed by atoms with E-state index in [1.54, 1.807) is 11.9 Å². The van der Waals surface area contributed by atoms with Gasteiger partial charge in [0.15, 0.2) is 0 Å². The molecule has 0 saturated carbocycles. The Morgan fingerprint density at radius 2 is 1.94 bits per heavy atom. The predicted octanol–water partition coefficient (Wildman–Crippen LogP) is -0.0587. The largest absolute Gasteiger partial charge is 0.444 e. The summed E-state index contributed by atoms with van der Waals surface area (Å²) >= 11 is 0. The van der Waals surface area contributed by atoms with Crippen LogP contribution in [0.3, 0.4) is 0 Å². The highest BCUT2D eigenvalue weighted by molar-refractivity contribution is 5.77. The molecule has 0 unspecified atom stereocenters. The molecule has 0 aromatic heterocycles. The summed E-state index contributed by atoms with van der Waals surface area (Å²) in [5.41, 5.74) is -0.461. The molecule has 2 amide bonds. The number of likely N-dealkylation sites (tertiary alicyclic amines) is 1. The van der Waals surface area contributed by atoms with Crippen molar-refractivity contribution in [3.8, 4) is 0 Å². The fraction of sp³-hybridized carbons (Fsp3) is 0.818. The minimum Gasteiger partial charge on any atom is -0.444 e. The van der Waals surface area contributed by atoms with E-state index in [9.17, 15) is 9.59 Å². The molecule has 0 aromatic carbocycles. The summed E-state index contributed by atoms with van der Waals surface area (Å²) in [5.74, 6) is -0.0549. The third kappa shape index (κ3) is 4.60. The summed E-state index contributed by atoms with van der Waals surface area (Å²) in [7, 11) is 1.60. The zero-order valence-corrected chi connectivity index (χ0v) is 10.9. The van der Waals surface area contributed by atoms with Crippen LogP contribution in [0.4, 0.5) is 4.79 Å². The van der Waals surface area contributed by atoms with E-state index < -0.39 is 5.60 Å². The molecule has 0 spiro atoms. The monoisotopic (exact) mass is 243 g/mol. The number of hydrogen-bond acceptors (Lipinski definition) is 4. The van der Waals surface area contributed by atoms with Gasteiger partial charge in [-0.15, -0.1) is 0 Å². The maximum Gasteiger partial charge on any atom is 0.410 e. The first-order valence-electron chi connectivity index (χ1n) is 5.73. The first kappa shape index (κ1) is 13.8. The molecule has 1 saturated heterocycles. The number of amides is 2. The molecule has 6 heteroatoms. The highest BCUT2D eigenvalue weighted by Gasteiger charge is 2.33. The van der Waals surface area contributed by atoms with Gasteiger partial charge in [-0.05, 0) is 20.8 Å². The minimum absolute atomic E-state index is 0.0549. The van der Waals surface area contributed by atoms with E-state index in [1.807, 2.05) is 20.8 Å². The Morgan fingerprint density at radius 1 is 1.35 bits per heavy atom. The van der Waals surface area contributed by atoms with Crippen LogP contribution in [0.2, 0.25) is 0 Å². The van der Waals surface area contributed by atoms with E-state index in [0.29, 0.717) is 13.1 Å². The van der Waals surface area contributed by atoms with Crippen molar-refractivity contribution >= 4 is 12.0 Å². The molecule has 6 nitrogen and oxygen atoms in total. The fourth-order valence-electron chi connectivity index (χ4n) is 1.41. The van der Waals surface area contributed by atoms with Crippen LogP contribution >= 0.6 is 0 Å². The zero-order valence-electron chi connectivity index (χ0n) is 10.9. The lowest BCUT2D eigenvalue weighted by molar-refractivity contribution is -0.120. The zero-order chi connectivity index (χ0) is 13.1. The number of carbonyl (C=O) groups excluding carboxylic acids is 2. The highest BCUT2D eigenvalue weighted by atomic mass is 16.6. The van der Waals surface area contributed by atoms with Crippen molar-refractivity contribution in [1.29, 1.82) is 0 Å². The van der Waals surface area contributed by atoms with Crippen LogP contribution in [0, 0.1) is 0 Å². The SMILES string of the molecule is CNC(=O)CNC1CN(C(=O)OC(C)(C)C)C1. The van der Waals surface area contributed by atoms with E-state index in [0.717, 1.165) is 0 Å². The molecule has 1 aliphatic rings. The first-order chi connectivity index (χ1) is 7.81. The average Bonchev–Trinajstić information content (AvgIpc) is 2.11. The number of hydrogen-bond donors (Lipinski definition) is 2. The quantitative estimate of drug-likeness (QED) is 0.728. The maximum atomic E-state index is 11.6. The Hall–Kier alpha value is -1.30. The van der Waals surface area contributed by atoms with Gasteiger partial charge in [0.2, 0.25) is 5.91 Å². The van der Waals surface area contributed by atoms with Crippen LogP contribution in [-0.2, 0) is 9.53 Å². The Kier molecular flexibility index (Phi) is 4.34. The van der Waals surface area contributed by atoms with Gasteiger partial charge in [0.1, 0.15) is 5.60 Å². The lowest BCUT2D eigenvalue weighted by Gasteiger charge is -2.40. The Bertz CT molecular complexity index is 293. The standard InChI is InChI=1S/C11H21N3O3/c1-11(2,3)17-10(16)14-6-8(7-14)13-5-9(15)12-4/h8,13H,5-7H2,1-4H3,(H,12,15). The van der Waals surface area contributed by atoms with E-state index in [2.05, 4.69) is 10.6 Å². The van der Waals surface area contributed by atoms with Crippen LogP contribution in [0.1, 0.15) is 20.8 Å². The Balaban J connectivity index is 2.18. The number of likely N-dealkylation sites (N-methyl/N-ethyl adjacent to an activating group) is 1. The normalized spacial score (nSPS) is 16.4. The van der Waals surface area contributed by atoms with E-state index in [4.69, 9.17) is 4.74 Å². The average molecular weight is 243 g/mol. The van der Waals surface area contributed by atoms with Crippen LogP contribution < -0.4 is 10.6 Å². The predicted molar refractivity (Wildman–Crippen MR) is 63.7 cm³/mol. The molecule has 1 heterocycles. The lowest BCUT2D eigenvalue weighted by atomic mass is 10.1. The molecule has 1 rings (SSSR count). The lowest BCUT2D eigenvalue weighted by Crippen LogP contribution is -2.61. The second kappa shape index (κ2) is 5.35. The maximum absolute atomic E-state index is 11.6. The number of rotatable bonds is 3. The summed E-state index contributed by atoms with van der Waals surface area (Å²) in [5, 5.41) is 5.58. The molecule has 0 radical (unpaired) electrons. The summed E-state index contributed by atoms with van der Waals surface area (Å²) < 4.78 is 5.22. The molecule has 2 N–H and O–H groups in total. The van der Waals surface area contributed by atoms with E-state index in [1.165, 1.54) is 0 Å². The number of nitrogens with zero attached hydrogens (tertiary/aromatic N) is 1. The van der Waals surface area contributed by atoms with Crippen LogP contribution in [0.25, 0.3) is 0 Å². The minimum atomic E-state index is -0.461. The molecule has 0 atom stereocenters. The summed E-state index contributed by atoms with van der Waals surface area (Å²) in [6.45, 7) is 6.98. The number of carbonyl (C=O) groups is 2.